The first-order chi connectivity index (χ1) is 11.8. The maximum absolute atomic E-state index is 11.6. The highest BCUT2D eigenvalue weighted by atomic mass is 32.1. The lowest BCUT2D eigenvalue weighted by Gasteiger charge is -1.93. The van der Waals surface area contributed by atoms with Gasteiger partial charge in [-0.15, -0.1) is 0 Å². The van der Waals surface area contributed by atoms with Gasteiger partial charge in [0.2, 0.25) is 0 Å². The maximum atomic E-state index is 11.6. The lowest BCUT2D eigenvalue weighted by molar-refractivity contribution is -0.192. The summed E-state index contributed by atoms with van der Waals surface area (Å²) in [7, 11) is 0. The molecule has 0 bridgehead atoms. The topological polar surface area (TPSA) is 109 Å². The molecule has 0 saturated heterocycles. The maximum Gasteiger partial charge on any atom is 0.490 e. The molecule has 0 spiro atoms. The van der Waals surface area contributed by atoms with Crippen LogP contribution in [0.15, 0.2) is 44.5 Å². The highest BCUT2D eigenvalue weighted by molar-refractivity contribution is 7.07. The average Bonchev–Trinajstić information content (AvgIpc) is 3.20. The summed E-state index contributed by atoms with van der Waals surface area (Å²) in [6.07, 6.45) is -2.91. The number of aromatic nitrogens is 3. The van der Waals surface area contributed by atoms with Gasteiger partial charge in [-0.25, -0.2) is 4.79 Å². The highest BCUT2D eigenvalue weighted by Crippen LogP contribution is 2.15. The van der Waals surface area contributed by atoms with E-state index < -0.39 is 12.1 Å². The number of hydrogen-bond donors (Lipinski definition) is 2. The van der Waals surface area contributed by atoms with Gasteiger partial charge < -0.3 is 14.6 Å². The first-order valence-corrected chi connectivity index (χ1v) is 7.53. The summed E-state index contributed by atoms with van der Waals surface area (Å²) in [6.45, 7) is 0. The second-order valence-corrected chi connectivity index (χ2v) is 5.32. The van der Waals surface area contributed by atoms with Crippen LogP contribution in [-0.2, 0) is 11.2 Å². The van der Waals surface area contributed by atoms with Crippen LogP contribution in [-0.4, -0.2) is 32.4 Å². The number of thiophene rings is 1. The van der Waals surface area contributed by atoms with E-state index in [2.05, 4.69) is 15.1 Å². The Balaban J connectivity index is 0.000000277. The third-order valence-corrected chi connectivity index (χ3v) is 3.43. The number of pyridine rings is 1. The van der Waals surface area contributed by atoms with Crippen LogP contribution in [0.25, 0.3) is 11.5 Å². The van der Waals surface area contributed by atoms with Crippen molar-refractivity contribution in [1.29, 1.82) is 0 Å². The molecule has 0 amide bonds. The normalized spacial score (nSPS) is 10.8. The number of carboxylic acids is 1. The molecule has 3 aromatic heterocycles. The lowest BCUT2D eigenvalue weighted by atomic mass is 10.2. The zero-order chi connectivity index (χ0) is 18.4. The van der Waals surface area contributed by atoms with E-state index in [1.54, 1.807) is 29.7 Å². The van der Waals surface area contributed by atoms with E-state index >= 15 is 0 Å². The number of rotatable bonds is 3. The van der Waals surface area contributed by atoms with Gasteiger partial charge >= 0.3 is 12.1 Å². The Kier molecular flexibility index (Phi) is 5.70. The number of nitrogens with one attached hydrogen (secondary N) is 1. The molecular weight excluding hydrogens is 363 g/mol. The standard InChI is InChI=1S/C12H9N3O2S.C2HF3O2/c16-11-9(2-1-4-13-11)12-14-10(15-17-12)6-8-3-5-18-7-8;3-2(4,5)1(6)7/h1-5,7H,6H2,(H,13,16);(H,6,7). The van der Waals surface area contributed by atoms with Crippen LogP contribution < -0.4 is 5.56 Å². The molecule has 0 saturated carbocycles. The van der Waals surface area contributed by atoms with Gasteiger partial charge in [0.05, 0.1) is 0 Å². The van der Waals surface area contributed by atoms with Crippen LogP contribution in [0.3, 0.4) is 0 Å². The second kappa shape index (κ2) is 7.75. The molecule has 2 N–H and O–H groups in total. The average molecular weight is 373 g/mol. The Morgan fingerprint density at radius 2 is 2.08 bits per heavy atom. The lowest BCUT2D eigenvalue weighted by Crippen LogP contribution is -2.21. The zero-order valence-electron chi connectivity index (χ0n) is 12.3. The molecule has 0 fully saturated rings. The minimum atomic E-state index is -5.08. The second-order valence-electron chi connectivity index (χ2n) is 4.54. The van der Waals surface area contributed by atoms with Gasteiger partial charge in [0, 0.05) is 12.6 Å². The minimum Gasteiger partial charge on any atom is -0.475 e. The minimum absolute atomic E-state index is 0.233. The molecule has 0 aromatic carbocycles. The van der Waals surface area contributed by atoms with Crippen LogP contribution in [0.1, 0.15) is 11.4 Å². The van der Waals surface area contributed by atoms with Crippen molar-refractivity contribution >= 4 is 17.3 Å². The van der Waals surface area contributed by atoms with Gasteiger partial charge in [0.25, 0.3) is 11.4 Å². The number of halogens is 3. The molecule has 3 aromatic rings. The Labute approximate surface area is 141 Å². The predicted molar refractivity (Wildman–Crippen MR) is 81.2 cm³/mol. The van der Waals surface area contributed by atoms with E-state index in [9.17, 15) is 18.0 Å². The van der Waals surface area contributed by atoms with Crippen LogP contribution in [0.4, 0.5) is 13.2 Å². The molecule has 0 aliphatic heterocycles. The van der Waals surface area contributed by atoms with Crippen LogP contribution in [0, 0.1) is 0 Å². The summed E-state index contributed by atoms with van der Waals surface area (Å²) in [6, 6.07) is 5.39. The van der Waals surface area contributed by atoms with Crippen molar-refractivity contribution in [3.8, 4) is 11.5 Å². The Hall–Kier alpha value is -2.95. The molecule has 3 rings (SSSR count). The first kappa shape index (κ1) is 18.4. The highest BCUT2D eigenvalue weighted by Gasteiger charge is 2.38. The van der Waals surface area contributed by atoms with Crippen LogP contribution >= 0.6 is 11.3 Å². The quantitative estimate of drug-likeness (QED) is 0.731. The van der Waals surface area contributed by atoms with Gasteiger partial charge in [0.1, 0.15) is 5.56 Å². The number of hydrogen-bond acceptors (Lipinski definition) is 6. The van der Waals surface area contributed by atoms with E-state index in [0.29, 0.717) is 17.8 Å². The number of nitrogens with zero attached hydrogens (tertiary/aromatic N) is 2. The SMILES string of the molecule is O=C(O)C(F)(F)F.O=c1[nH]cccc1-c1nc(Cc2ccsc2)no1. The van der Waals surface area contributed by atoms with Gasteiger partial charge in [-0.2, -0.15) is 29.5 Å². The molecule has 0 aliphatic rings. The van der Waals surface area contributed by atoms with Crippen molar-refractivity contribution in [2.45, 2.75) is 12.6 Å². The Bertz CT molecular complexity index is 887. The van der Waals surface area contributed by atoms with Crippen molar-refractivity contribution in [3.63, 3.8) is 0 Å². The monoisotopic (exact) mass is 373 g/mol. The van der Waals surface area contributed by atoms with Crippen molar-refractivity contribution in [3.05, 3.63) is 56.9 Å². The van der Waals surface area contributed by atoms with E-state index in [4.69, 9.17) is 14.4 Å². The van der Waals surface area contributed by atoms with Crippen LogP contribution in [0.2, 0.25) is 0 Å². The summed E-state index contributed by atoms with van der Waals surface area (Å²) in [5.41, 5.74) is 1.29. The summed E-state index contributed by atoms with van der Waals surface area (Å²) < 4.78 is 36.8. The molecule has 0 radical (unpaired) electrons. The summed E-state index contributed by atoms with van der Waals surface area (Å²) in [4.78, 5) is 27.3. The molecule has 11 heteroatoms. The largest absolute Gasteiger partial charge is 0.490 e. The van der Waals surface area contributed by atoms with Crippen molar-refractivity contribution < 1.29 is 27.6 Å². The molecule has 25 heavy (non-hydrogen) atoms. The van der Waals surface area contributed by atoms with Crippen LogP contribution in [0.5, 0.6) is 0 Å². The third-order valence-electron chi connectivity index (χ3n) is 2.70. The van der Waals surface area contributed by atoms with E-state index in [0.717, 1.165) is 5.56 Å². The molecular formula is C14H10F3N3O4S. The Morgan fingerprint density at radius 3 is 2.64 bits per heavy atom. The number of carboxylic acid groups (broad SMARTS) is 1. The fourth-order valence-electron chi connectivity index (χ4n) is 1.60. The zero-order valence-corrected chi connectivity index (χ0v) is 13.1. The van der Waals surface area contributed by atoms with Gasteiger partial charge in [-0.3, -0.25) is 4.79 Å². The molecule has 0 atom stereocenters. The number of aliphatic carboxylic acids is 1. The molecule has 132 valence electrons. The smallest absolute Gasteiger partial charge is 0.475 e. The number of alkyl halides is 3. The fourth-order valence-corrected chi connectivity index (χ4v) is 2.27. The van der Waals surface area contributed by atoms with E-state index in [-0.39, 0.29) is 11.4 Å². The molecule has 0 aliphatic carbocycles. The Morgan fingerprint density at radius 1 is 1.36 bits per heavy atom. The summed E-state index contributed by atoms with van der Waals surface area (Å²) in [5, 5.41) is 15.0. The molecule has 7 nitrogen and oxygen atoms in total. The van der Waals surface area contributed by atoms with Gasteiger partial charge in [-0.05, 0) is 34.5 Å². The van der Waals surface area contributed by atoms with Crippen molar-refractivity contribution in [2.75, 3.05) is 0 Å². The van der Waals surface area contributed by atoms with Crippen molar-refractivity contribution in [1.82, 2.24) is 15.1 Å². The first-order valence-electron chi connectivity index (χ1n) is 6.59. The van der Waals surface area contributed by atoms with Crippen molar-refractivity contribution in [2.24, 2.45) is 0 Å². The predicted octanol–water partition coefficient (Wildman–Crippen LogP) is 2.71. The number of carbonyl (C=O) groups is 1. The number of H-pyrrole nitrogens is 1. The van der Waals surface area contributed by atoms with E-state index in [1.807, 2.05) is 16.8 Å². The molecule has 0 unspecified atom stereocenters. The fraction of sp³-hybridized carbons (Fsp3) is 0.143. The number of aromatic amines is 1. The summed E-state index contributed by atoms with van der Waals surface area (Å²) in [5.74, 6) is -1.93. The van der Waals surface area contributed by atoms with Gasteiger partial charge in [0.15, 0.2) is 5.82 Å². The molecule has 3 heterocycles. The van der Waals surface area contributed by atoms with Gasteiger partial charge in [-0.1, -0.05) is 5.16 Å². The third kappa shape index (κ3) is 5.28. The summed E-state index contributed by atoms with van der Waals surface area (Å²) >= 11 is 1.62. The van der Waals surface area contributed by atoms with E-state index in [1.165, 1.54) is 0 Å².